The Morgan fingerprint density at radius 2 is 1.80 bits per heavy atom. The summed E-state index contributed by atoms with van der Waals surface area (Å²) in [5.74, 6) is -0.503. The van der Waals surface area contributed by atoms with E-state index in [1.54, 1.807) is 0 Å². The Morgan fingerprint density at radius 1 is 1.25 bits per heavy atom. The number of amides is 1. The third-order valence-electron chi connectivity index (χ3n) is 2.60. The molecule has 0 bridgehead atoms. The predicted octanol–water partition coefficient (Wildman–Crippen LogP) is 1.68. The number of benzene rings is 1. The largest absolute Gasteiger partial charge is 0.411 e. The Hall–Kier alpha value is -1.60. The van der Waals surface area contributed by atoms with Crippen LogP contribution in [0.3, 0.4) is 0 Å². The first-order valence-electron chi connectivity index (χ1n) is 5.98. The smallest absolute Gasteiger partial charge is 0.362 e. The molecule has 0 aliphatic heterocycles. The average Bonchev–Trinajstić information content (AvgIpc) is 2.38. The summed E-state index contributed by atoms with van der Waals surface area (Å²) in [6, 6.07) is 7.33. The van der Waals surface area contributed by atoms with E-state index < -0.39 is 25.3 Å². The van der Waals surface area contributed by atoms with Gasteiger partial charge in [0, 0.05) is 20.1 Å². The minimum atomic E-state index is -4.42. The number of hydrogen-bond donors (Lipinski definition) is 1. The van der Waals surface area contributed by atoms with E-state index in [2.05, 4.69) is 4.74 Å². The van der Waals surface area contributed by atoms with E-state index in [9.17, 15) is 18.0 Å². The first-order chi connectivity index (χ1) is 9.31. The lowest BCUT2D eigenvalue weighted by Crippen LogP contribution is -2.31. The van der Waals surface area contributed by atoms with Crippen LogP contribution in [0.2, 0.25) is 0 Å². The number of likely N-dealkylation sites (N-methyl/N-ethyl adjacent to an activating group) is 1. The van der Waals surface area contributed by atoms with Gasteiger partial charge in [-0.15, -0.1) is 0 Å². The van der Waals surface area contributed by atoms with Gasteiger partial charge in [-0.1, -0.05) is 24.3 Å². The van der Waals surface area contributed by atoms with Crippen LogP contribution in [-0.4, -0.2) is 37.2 Å². The van der Waals surface area contributed by atoms with Gasteiger partial charge in [0.2, 0.25) is 5.91 Å². The lowest BCUT2D eigenvalue weighted by atomic mass is 10.1. The second-order valence-corrected chi connectivity index (χ2v) is 4.38. The van der Waals surface area contributed by atoms with Crippen molar-refractivity contribution >= 4 is 5.91 Å². The maximum Gasteiger partial charge on any atom is 0.411 e. The number of nitrogens with two attached hydrogens (primary N) is 1. The van der Waals surface area contributed by atoms with Crippen molar-refractivity contribution in [1.82, 2.24) is 4.90 Å². The molecule has 0 radical (unpaired) electrons. The van der Waals surface area contributed by atoms with E-state index in [0.717, 1.165) is 11.1 Å². The van der Waals surface area contributed by atoms with Gasteiger partial charge in [-0.05, 0) is 11.1 Å². The zero-order chi connectivity index (χ0) is 15.2. The summed E-state index contributed by atoms with van der Waals surface area (Å²) >= 11 is 0. The molecule has 0 atom stereocenters. The van der Waals surface area contributed by atoms with Crippen molar-refractivity contribution in [3.63, 3.8) is 0 Å². The van der Waals surface area contributed by atoms with Crippen molar-refractivity contribution in [2.24, 2.45) is 5.73 Å². The second-order valence-electron chi connectivity index (χ2n) is 4.38. The molecule has 112 valence electrons. The van der Waals surface area contributed by atoms with Gasteiger partial charge in [0.25, 0.3) is 0 Å². The summed E-state index contributed by atoms with van der Waals surface area (Å²) in [6.07, 6.45) is -4.42. The number of ether oxygens (including phenoxy) is 1. The highest BCUT2D eigenvalue weighted by molar-refractivity contribution is 5.77. The first kappa shape index (κ1) is 16.5. The molecule has 4 nitrogen and oxygen atoms in total. The maximum atomic E-state index is 11.9. The highest BCUT2D eigenvalue weighted by Crippen LogP contribution is 2.14. The first-order valence-corrected chi connectivity index (χ1v) is 5.98. The third kappa shape index (κ3) is 6.03. The van der Waals surface area contributed by atoms with Gasteiger partial charge in [-0.3, -0.25) is 4.79 Å². The van der Waals surface area contributed by atoms with Gasteiger partial charge in [0.15, 0.2) is 0 Å². The molecule has 0 saturated heterocycles. The second kappa shape index (κ2) is 7.25. The standard InChI is InChI=1S/C13H17F3N2O2/c1-18(12(19)8-20-9-13(14,15)16)7-11-4-2-10(6-17)3-5-11/h2-5H,6-9,17H2,1H3. The quantitative estimate of drug-likeness (QED) is 0.867. The van der Waals surface area contributed by atoms with Crippen LogP contribution in [0.5, 0.6) is 0 Å². The van der Waals surface area contributed by atoms with E-state index >= 15 is 0 Å². The van der Waals surface area contributed by atoms with Crippen LogP contribution in [-0.2, 0) is 22.6 Å². The molecule has 1 aromatic carbocycles. The summed E-state index contributed by atoms with van der Waals surface area (Å²) < 4.78 is 39.9. The lowest BCUT2D eigenvalue weighted by Gasteiger charge is -2.17. The number of carbonyl (C=O) groups excluding carboxylic acids is 1. The van der Waals surface area contributed by atoms with Crippen LogP contribution in [0.4, 0.5) is 13.2 Å². The Bertz CT molecular complexity index is 432. The van der Waals surface area contributed by atoms with Crippen LogP contribution in [0.25, 0.3) is 0 Å². The Morgan fingerprint density at radius 3 is 2.30 bits per heavy atom. The molecular formula is C13H17F3N2O2. The van der Waals surface area contributed by atoms with E-state index in [-0.39, 0.29) is 0 Å². The fourth-order valence-corrected chi connectivity index (χ4v) is 1.51. The SMILES string of the molecule is CN(Cc1ccc(CN)cc1)C(=O)COCC(F)(F)F. The van der Waals surface area contributed by atoms with E-state index in [4.69, 9.17) is 5.73 Å². The Labute approximate surface area is 115 Å². The molecule has 0 spiro atoms. The van der Waals surface area contributed by atoms with Gasteiger partial charge in [-0.25, -0.2) is 0 Å². The van der Waals surface area contributed by atoms with Crippen LogP contribution >= 0.6 is 0 Å². The molecule has 2 N–H and O–H groups in total. The molecule has 0 aliphatic carbocycles. The number of alkyl halides is 3. The topological polar surface area (TPSA) is 55.6 Å². The number of carbonyl (C=O) groups is 1. The summed E-state index contributed by atoms with van der Waals surface area (Å²) in [5, 5.41) is 0. The normalized spacial score (nSPS) is 11.4. The van der Waals surface area contributed by atoms with E-state index in [1.165, 1.54) is 11.9 Å². The molecule has 1 amide bonds. The maximum absolute atomic E-state index is 11.9. The molecule has 0 aromatic heterocycles. The highest BCUT2D eigenvalue weighted by atomic mass is 19.4. The van der Waals surface area contributed by atoms with Crippen molar-refractivity contribution in [3.05, 3.63) is 35.4 Å². The van der Waals surface area contributed by atoms with Crippen molar-refractivity contribution in [3.8, 4) is 0 Å². The molecule has 0 unspecified atom stereocenters. The number of halogens is 3. The zero-order valence-corrected chi connectivity index (χ0v) is 11.1. The van der Waals surface area contributed by atoms with Gasteiger partial charge in [0.1, 0.15) is 13.2 Å². The fraction of sp³-hybridized carbons (Fsp3) is 0.462. The Kier molecular flexibility index (Phi) is 5.97. The number of hydrogen-bond acceptors (Lipinski definition) is 3. The molecule has 0 heterocycles. The lowest BCUT2D eigenvalue weighted by molar-refractivity contribution is -0.177. The fourth-order valence-electron chi connectivity index (χ4n) is 1.51. The average molecular weight is 290 g/mol. The van der Waals surface area contributed by atoms with Gasteiger partial charge < -0.3 is 15.4 Å². The van der Waals surface area contributed by atoms with Gasteiger partial charge in [0.05, 0.1) is 0 Å². The summed E-state index contributed by atoms with van der Waals surface area (Å²) in [6.45, 7) is -1.27. The molecule has 1 aromatic rings. The van der Waals surface area contributed by atoms with Crippen LogP contribution in [0.1, 0.15) is 11.1 Å². The van der Waals surface area contributed by atoms with Crippen LogP contribution in [0.15, 0.2) is 24.3 Å². The minimum absolute atomic E-state index is 0.305. The molecule has 20 heavy (non-hydrogen) atoms. The number of rotatable bonds is 6. The van der Waals surface area contributed by atoms with Gasteiger partial charge >= 0.3 is 6.18 Å². The van der Waals surface area contributed by atoms with Crippen LogP contribution in [0, 0.1) is 0 Å². The Balaban J connectivity index is 2.40. The van der Waals surface area contributed by atoms with E-state index in [1.807, 2.05) is 24.3 Å². The highest BCUT2D eigenvalue weighted by Gasteiger charge is 2.28. The monoisotopic (exact) mass is 290 g/mol. The zero-order valence-electron chi connectivity index (χ0n) is 11.1. The number of nitrogens with zero attached hydrogens (tertiary/aromatic N) is 1. The van der Waals surface area contributed by atoms with Crippen molar-refractivity contribution < 1.29 is 22.7 Å². The summed E-state index contributed by atoms with van der Waals surface area (Å²) in [7, 11) is 1.51. The van der Waals surface area contributed by atoms with Crippen molar-refractivity contribution in [2.75, 3.05) is 20.3 Å². The molecule has 0 saturated carbocycles. The van der Waals surface area contributed by atoms with Crippen LogP contribution < -0.4 is 5.73 Å². The van der Waals surface area contributed by atoms with Gasteiger partial charge in [-0.2, -0.15) is 13.2 Å². The molecular weight excluding hydrogens is 273 g/mol. The van der Waals surface area contributed by atoms with Crippen molar-refractivity contribution in [1.29, 1.82) is 0 Å². The van der Waals surface area contributed by atoms with Crippen molar-refractivity contribution in [2.45, 2.75) is 19.3 Å². The van der Waals surface area contributed by atoms with E-state index in [0.29, 0.717) is 13.1 Å². The minimum Gasteiger partial charge on any atom is -0.362 e. The molecule has 0 fully saturated rings. The summed E-state index contributed by atoms with van der Waals surface area (Å²) in [5.41, 5.74) is 7.30. The predicted molar refractivity (Wildman–Crippen MR) is 67.7 cm³/mol. The molecule has 1 rings (SSSR count). The third-order valence-corrected chi connectivity index (χ3v) is 2.60. The summed E-state index contributed by atoms with van der Waals surface area (Å²) in [4.78, 5) is 12.9. The molecule has 0 aliphatic rings. The molecule has 7 heteroatoms.